The molecular formula is C21H23NO4S. The van der Waals surface area contributed by atoms with Crippen LogP contribution in [0.25, 0.3) is 5.70 Å². The first-order valence-corrected chi connectivity index (χ1v) is 9.71. The van der Waals surface area contributed by atoms with Gasteiger partial charge in [0.15, 0.2) is 11.5 Å². The Bertz CT molecular complexity index is 849. The first-order chi connectivity index (χ1) is 13.2. The third-order valence-electron chi connectivity index (χ3n) is 4.05. The van der Waals surface area contributed by atoms with Gasteiger partial charge in [-0.05, 0) is 37.1 Å². The monoisotopic (exact) mass is 385 g/mol. The average Bonchev–Trinajstić information content (AvgIpc) is 2.88. The molecule has 2 aromatic rings. The highest BCUT2D eigenvalue weighted by Crippen LogP contribution is 2.42. The highest BCUT2D eigenvalue weighted by Gasteiger charge is 2.25. The fourth-order valence-corrected chi connectivity index (χ4v) is 3.96. The summed E-state index contributed by atoms with van der Waals surface area (Å²) in [5, 5.41) is 3.40. The third kappa shape index (κ3) is 4.22. The van der Waals surface area contributed by atoms with Gasteiger partial charge in [-0.25, -0.2) is 4.79 Å². The number of carbonyl (C=O) groups is 1. The maximum absolute atomic E-state index is 12.5. The van der Waals surface area contributed by atoms with Crippen molar-refractivity contribution in [3.05, 3.63) is 58.5 Å². The van der Waals surface area contributed by atoms with Crippen molar-refractivity contribution < 1.29 is 19.0 Å². The van der Waals surface area contributed by atoms with Crippen molar-refractivity contribution in [1.82, 2.24) is 5.32 Å². The number of rotatable bonds is 6. The number of hydrogen-bond acceptors (Lipinski definition) is 6. The Labute approximate surface area is 163 Å². The van der Waals surface area contributed by atoms with Crippen molar-refractivity contribution in [1.29, 1.82) is 0 Å². The molecule has 0 spiro atoms. The van der Waals surface area contributed by atoms with Crippen molar-refractivity contribution in [2.24, 2.45) is 0 Å². The molecule has 1 aliphatic heterocycles. The Hall–Kier alpha value is -2.60. The average molecular weight is 385 g/mol. The number of ether oxygens (including phenoxy) is 3. The number of methoxy groups -OCH3 is 1. The number of hydrogen-bond donors (Lipinski definition) is 1. The van der Waals surface area contributed by atoms with Crippen molar-refractivity contribution in [3.63, 3.8) is 0 Å². The zero-order valence-electron chi connectivity index (χ0n) is 15.7. The van der Waals surface area contributed by atoms with Crippen LogP contribution in [0.1, 0.15) is 25.0 Å². The molecule has 1 N–H and O–H groups in total. The first kappa shape index (κ1) is 19.2. The van der Waals surface area contributed by atoms with Crippen LogP contribution in [-0.2, 0) is 16.1 Å². The molecule has 0 radical (unpaired) electrons. The molecule has 0 saturated carbocycles. The lowest BCUT2D eigenvalue weighted by atomic mass is 10.1. The van der Waals surface area contributed by atoms with Crippen molar-refractivity contribution >= 4 is 23.4 Å². The van der Waals surface area contributed by atoms with E-state index in [1.54, 1.807) is 0 Å². The predicted octanol–water partition coefficient (Wildman–Crippen LogP) is 4.22. The molecule has 27 heavy (non-hydrogen) atoms. The van der Waals surface area contributed by atoms with Gasteiger partial charge in [-0.1, -0.05) is 42.1 Å². The van der Waals surface area contributed by atoms with Gasteiger partial charge in [-0.2, -0.15) is 0 Å². The lowest BCUT2D eigenvalue weighted by molar-refractivity contribution is -0.135. The molecular weight excluding hydrogens is 362 g/mol. The van der Waals surface area contributed by atoms with Crippen LogP contribution in [-0.4, -0.2) is 26.3 Å². The molecule has 0 unspecified atom stereocenters. The van der Waals surface area contributed by atoms with Gasteiger partial charge in [0.25, 0.3) is 0 Å². The van der Waals surface area contributed by atoms with Crippen molar-refractivity contribution in [3.8, 4) is 11.5 Å². The van der Waals surface area contributed by atoms with Crippen LogP contribution in [0.15, 0.2) is 52.3 Å². The summed E-state index contributed by atoms with van der Waals surface area (Å²) in [5.41, 5.74) is 2.74. The zero-order valence-corrected chi connectivity index (χ0v) is 16.5. The molecule has 0 aliphatic carbocycles. The second-order valence-electron chi connectivity index (χ2n) is 5.79. The van der Waals surface area contributed by atoms with E-state index in [9.17, 15) is 4.79 Å². The van der Waals surface area contributed by atoms with E-state index in [2.05, 4.69) is 5.32 Å². The summed E-state index contributed by atoms with van der Waals surface area (Å²) >= 11 is 1.39. The summed E-state index contributed by atoms with van der Waals surface area (Å²) in [7, 11) is 1.40. The van der Waals surface area contributed by atoms with E-state index in [1.807, 2.05) is 56.3 Å². The number of nitrogens with one attached hydrogen (secondary N) is 1. The molecule has 0 aromatic heterocycles. The fraction of sp³-hybridized carbons (Fsp3) is 0.286. The molecule has 0 amide bonds. The minimum absolute atomic E-state index is 0.369. The van der Waals surface area contributed by atoms with E-state index < -0.39 is 0 Å². The summed E-state index contributed by atoms with van der Waals surface area (Å²) in [6, 6.07) is 13.7. The molecule has 6 heteroatoms. The van der Waals surface area contributed by atoms with E-state index in [4.69, 9.17) is 14.2 Å². The van der Waals surface area contributed by atoms with Crippen LogP contribution < -0.4 is 14.8 Å². The highest BCUT2D eigenvalue weighted by molar-refractivity contribution is 8.04. The Morgan fingerprint density at radius 1 is 1.07 bits per heavy atom. The van der Waals surface area contributed by atoms with Gasteiger partial charge >= 0.3 is 5.97 Å². The SMILES string of the molecule is CCOc1cc2c(cc1OCC)SC(C(=O)OC)=C(c1ccccc1)NC2. The van der Waals surface area contributed by atoms with Crippen LogP contribution >= 0.6 is 11.8 Å². The standard InChI is InChI=1S/C21H23NO4S/c1-4-25-16-11-15-13-22-19(14-9-7-6-8-10-14)20(21(23)24-3)27-18(15)12-17(16)26-5-2/h6-12,22H,4-5,13H2,1-3H3. The van der Waals surface area contributed by atoms with Gasteiger partial charge in [0.2, 0.25) is 0 Å². The van der Waals surface area contributed by atoms with Crippen LogP contribution in [0.3, 0.4) is 0 Å². The lowest BCUT2D eigenvalue weighted by Crippen LogP contribution is -2.15. The maximum Gasteiger partial charge on any atom is 0.346 e. The maximum atomic E-state index is 12.5. The van der Waals surface area contributed by atoms with E-state index in [0.717, 1.165) is 21.7 Å². The van der Waals surface area contributed by atoms with Crippen LogP contribution in [0.5, 0.6) is 11.5 Å². The number of carbonyl (C=O) groups excluding carboxylic acids is 1. The minimum atomic E-state index is -0.369. The second kappa shape index (κ2) is 8.86. The lowest BCUT2D eigenvalue weighted by Gasteiger charge is -2.15. The molecule has 1 aliphatic rings. The predicted molar refractivity (Wildman–Crippen MR) is 107 cm³/mol. The third-order valence-corrected chi connectivity index (χ3v) is 5.23. The summed E-state index contributed by atoms with van der Waals surface area (Å²) in [4.78, 5) is 14.0. The molecule has 142 valence electrons. The van der Waals surface area contributed by atoms with E-state index in [1.165, 1.54) is 18.9 Å². The van der Waals surface area contributed by atoms with Gasteiger partial charge in [0.1, 0.15) is 4.91 Å². The Morgan fingerprint density at radius 3 is 2.37 bits per heavy atom. The summed E-state index contributed by atoms with van der Waals surface area (Å²) in [6.07, 6.45) is 0. The van der Waals surface area contributed by atoms with E-state index in [0.29, 0.717) is 36.2 Å². The summed E-state index contributed by atoms with van der Waals surface area (Å²) < 4.78 is 16.5. The fourth-order valence-electron chi connectivity index (χ4n) is 2.85. The minimum Gasteiger partial charge on any atom is -0.490 e. The topological polar surface area (TPSA) is 56.8 Å². The molecule has 0 saturated heterocycles. The van der Waals surface area contributed by atoms with Gasteiger partial charge in [-0.15, -0.1) is 0 Å². The normalized spacial score (nSPS) is 13.3. The van der Waals surface area contributed by atoms with Crippen molar-refractivity contribution in [2.45, 2.75) is 25.3 Å². The smallest absolute Gasteiger partial charge is 0.346 e. The summed E-state index contributed by atoms with van der Waals surface area (Å²) in [6.45, 7) is 5.54. The highest BCUT2D eigenvalue weighted by atomic mass is 32.2. The molecule has 1 heterocycles. The molecule has 0 fully saturated rings. The molecule has 0 atom stereocenters. The Kier molecular flexibility index (Phi) is 6.29. The first-order valence-electron chi connectivity index (χ1n) is 8.90. The van der Waals surface area contributed by atoms with Gasteiger partial charge in [-0.3, -0.25) is 0 Å². The molecule has 5 nitrogen and oxygen atoms in total. The van der Waals surface area contributed by atoms with E-state index in [-0.39, 0.29) is 5.97 Å². The summed E-state index contributed by atoms with van der Waals surface area (Å²) in [5.74, 6) is 1.02. The Balaban J connectivity index is 2.07. The Morgan fingerprint density at radius 2 is 1.74 bits per heavy atom. The number of thioether (sulfide) groups is 1. The van der Waals surface area contributed by atoms with E-state index >= 15 is 0 Å². The quantitative estimate of drug-likeness (QED) is 0.752. The number of fused-ring (bicyclic) bond motifs is 1. The van der Waals surface area contributed by atoms with Crippen LogP contribution in [0.4, 0.5) is 0 Å². The molecule has 2 aromatic carbocycles. The molecule has 0 bridgehead atoms. The van der Waals surface area contributed by atoms with Gasteiger partial charge in [0, 0.05) is 11.4 Å². The van der Waals surface area contributed by atoms with Crippen LogP contribution in [0, 0.1) is 0 Å². The molecule has 3 rings (SSSR count). The van der Waals surface area contributed by atoms with Crippen molar-refractivity contribution in [2.75, 3.05) is 20.3 Å². The number of esters is 1. The largest absolute Gasteiger partial charge is 0.490 e. The second-order valence-corrected chi connectivity index (χ2v) is 6.84. The van der Waals surface area contributed by atoms with Gasteiger partial charge < -0.3 is 19.5 Å². The van der Waals surface area contributed by atoms with Gasteiger partial charge in [0.05, 0.1) is 26.0 Å². The van der Waals surface area contributed by atoms with Crippen LogP contribution in [0.2, 0.25) is 0 Å². The zero-order chi connectivity index (χ0) is 19.2. The number of benzene rings is 2.